The minimum Gasteiger partial charge on any atom is -0.289 e. The van der Waals surface area contributed by atoms with Crippen LogP contribution in [0.25, 0.3) is 0 Å². The van der Waals surface area contributed by atoms with Crippen molar-refractivity contribution in [1.82, 2.24) is 0 Å². The van der Waals surface area contributed by atoms with Gasteiger partial charge in [0.05, 0.1) is 5.75 Å². The SMILES string of the molecule is CS(=O)(=O)Cc1cc(Br)c(C(=O)c2ccc(F)cc2)cc1F. The molecule has 3 nitrogen and oxygen atoms in total. The zero-order chi connectivity index (χ0) is 16.5. The van der Waals surface area contributed by atoms with Crippen molar-refractivity contribution in [3.05, 3.63) is 69.2 Å². The Bertz CT molecular complexity index is 831. The molecule has 2 aromatic rings. The van der Waals surface area contributed by atoms with Crippen LogP contribution in [0.15, 0.2) is 40.9 Å². The van der Waals surface area contributed by atoms with Gasteiger partial charge in [-0.1, -0.05) is 15.9 Å². The standard InChI is InChI=1S/C15H11BrF2O3S/c1-22(20,21)8-10-6-13(16)12(7-14(10)18)15(19)9-2-4-11(17)5-3-9/h2-7H,8H2,1H3. The van der Waals surface area contributed by atoms with Gasteiger partial charge in [-0.3, -0.25) is 4.79 Å². The smallest absolute Gasteiger partial charge is 0.194 e. The Morgan fingerprint density at radius 3 is 2.27 bits per heavy atom. The number of halogens is 3. The van der Waals surface area contributed by atoms with Crippen LogP contribution >= 0.6 is 15.9 Å². The van der Waals surface area contributed by atoms with Gasteiger partial charge in [0, 0.05) is 27.4 Å². The summed E-state index contributed by atoms with van der Waals surface area (Å²) in [4.78, 5) is 12.3. The van der Waals surface area contributed by atoms with Gasteiger partial charge in [0.15, 0.2) is 15.6 Å². The molecule has 2 rings (SSSR count). The van der Waals surface area contributed by atoms with Gasteiger partial charge in [0.25, 0.3) is 0 Å². The van der Waals surface area contributed by atoms with Gasteiger partial charge < -0.3 is 0 Å². The molecule has 22 heavy (non-hydrogen) atoms. The van der Waals surface area contributed by atoms with Crippen molar-refractivity contribution in [2.75, 3.05) is 6.26 Å². The molecule has 116 valence electrons. The normalized spacial score (nSPS) is 11.5. The molecule has 0 saturated carbocycles. The molecule has 0 saturated heterocycles. The zero-order valence-corrected chi connectivity index (χ0v) is 13.8. The molecular weight excluding hydrogens is 378 g/mol. The predicted octanol–water partition coefficient (Wildman–Crippen LogP) is 3.50. The molecule has 0 radical (unpaired) electrons. The van der Waals surface area contributed by atoms with Crippen LogP contribution in [0, 0.1) is 11.6 Å². The van der Waals surface area contributed by atoms with Crippen LogP contribution in [0.2, 0.25) is 0 Å². The molecule has 0 unspecified atom stereocenters. The third-order valence-electron chi connectivity index (χ3n) is 2.90. The van der Waals surface area contributed by atoms with Crippen molar-refractivity contribution in [2.45, 2.75) is 5.75 Å². The second-order valence-electron chi connectivity index (χ2n) is 4.83. The molecule has 2 aromatic carbocycles. The summed E-state index contributed by atoms with van der Waals surface area (Å²) < 4.78 is 49.7. The maximum absolute atomic E-state index is 14.0. The molecule has 7 heteroatoms. The van der Waals surface area contributed by atoms with E-state index in [1.807, 2.05) is 0 Å². The first-order valence-corrected chi connectivity index (χ1v) is 8.98. The number of sulfone groups is 1. The Kier molecular flexibility index (Phi) is 4.77. The fraction of sp³-hybridized carbons (Fsp3) is 0.133. The number of carbonyl (C=O) groups excluding carboxylic acids is 1. The lowest BCUT2D eigenvalue weighted by Gasteiger charge is -2.08. The van der Waals surface area contributed by atoms with E-state index in [4.69, 9.17) is 0 Å². The summed E-state index contributed by atoms with van der Waals surface area (Å²) in [5, 5.41) is 0. The average Bonchev–Trinajstić information content (AvgIpc) is 2.41. The molecule has 0 aliphatic carbocycles. The van der Waals surface area contributed by atoms with Crippen molar-refractivity contribution in [3.63, 3.8) is 0 Å². The topological polar surface area (TPSA) is 51.2 Å². The summed E-state index contributed by atoms with van der Waals surface area (Å²) in [5.41, 5.74) is 0.226. The number of hydrogen-bond donors (Lipinski definition) is 0. The van der Waals surface area contributed by atoms with Gasteiger partial charge in [-0.15, -0.1) is 0 Å². The van der Waals surface area contributed by atoms with Gasteiger partial charge in [-0.05, 0) is 36.4 Å². The van der Waals surface area contributed by atoms with Crippen LogP contribution in [-0.2, 0) is 15.6 Å². The number of rotatable bonds is 4. The van der Waals surface area contributed by atoms with Crippen LogP contribution in [-0.4, -0.2) is 20.5 Å². The van der Waals surface area contributed by atoms with Gasteiger partial charge in [-0.2, -0.15) is 0 Å². The lowest BCUT2D eigenvalue weighted by Crippen LogP contribution is -2.07. The van der Waals surface area contributed by atoms with Crippen LogP contribution < -0.4 is 0 Å². The maximum Gasteiger partial charge on any atom is 0.194 e. The molecule has 0 spiro atoms. The lowest BCUT2D eigenvalue weighted by molar-refractivity contribution is 0.103. The van der Waals surface area contributed by atoms with E-state index in [9.17, 15) is 22.0 Å². The van der Waals surface area contributed by atoms with E-state index in [0.29, 0.717) is 0 Å². The molecule has 0 N–H and O–H groups in total. The predicted molar refractivity (Wildman–Crippen MR) is 82.5 cm³/mol. The van der Waals surface area contributed by atoms with Crippen LogP contribution in [0.5, 0.6) is 0 Å². The summed E-state index contributed by atoms with van der Waals surface area (Å²) in [7, 11) is -3.39. The maximum atomic E-state index is 14.0. The Balaban J connectivity index is 2.42. The second-order valence-corrected chi connectivity index (χ2v) is 7.82. The van der Waals surface area contributed by atoms with Crippen LogP contribution in [0.4, 0.5) is 8.78 Å². The van der Waals surface area contributed by atoms with Crippen LogP contribution in [0.1, 0.15) is 21.5 Å². The van der Waals surface area contributed by atoms with Gasteiger partial charge in [-0.25, -0.2) is 17.2 Å². The first-order chi connectivity index (χ1) is 10.2. The summed E-state index contributed by atoms with van der Waals surface area (Å²) in [6.45, 7) is 0. The fourth-order valence-corrected chi connectivity index (χ4v) is 3.27. The Morgan fingerprint density at radius 1 is 1.14 bits per heavy atom. The summed E-state index contributed by atoms with van der Waals surface area (Å²) in [6.07, 6.45) is 0.998. The van der Waals surface area contributed by atoms with Crippen molar-refractivity contribution in [3.8, 4) is 0 Å². The number of benzene rings is 2. The monoisotopic (exact) mass is 388 g/mol. The molecule has 0 heterocycles. The van der Waals surface area contributed by atoms with E-state index in [2.05, 4.69) is 15.9 Å². The highest BCUT2D eigenvalue weighted by molar-refractivity contribution is 9.10. The summed E-state index contributed by atoms with van der Waals surface area (Å²) in [6, 6.07) is 7.12. The third kappa shape index (κ3) is 3.98. The lowest BCUT2D eigenvalue weighted by atomic mass is 10.0. The first kappa shape index (κ1) is 16.8. The van der Waals surface area contributed by atoms with E-state index in [-0.39, 0.29) is 21.2 Å². The summed E-state index contributed by atoms with van der Waals surface area (Å²) in [5.74, 6) is -2.20. The van der Waals surface area contributed by atoms with Gasteiger partial charge in [0.2, 0.25) is 0 Å². The highest BCUT2D eigenvalue weighted by Gasteiger charge is 2.18. The highest BCUT2D eigenvalue weighted by Crippen LogP contribution is 2.25. The second kappa shape index (κ2) is 6.26. The zero-order valence-electron chi connectivity index (χ0n) is 11.4. The Morgan fingerprint density at radius 2 is 1.73 bits per heavy atom. The van der Waals surface area contributed by atoms with E-state index in [0.717, 1.165) is 24.5 Å². The van der Waals surface area contributed by atoms with Crippen LogP contribution in [0.3, 0.4) is 0 Å². The minimum absolute atomic E-state index is 0.0231. The van der Waals surface area contributed by atoms with E-state index in [1.165, 1.54) is 18.2 Å². The summed E-state index contributed by atoms with van der Waals surface area (Å²) >= 11 is 3.14. The van der Waals surface area contributed by atoms with E-state index < -0.39 is 33.0 Å². The molecule has 0 aliphatic heterocycles. The highest BCUT2D eigenvalue weighted by atomic mass is 79.9. The van der Waals surface area contributed by atoms with Crippen molar-refractivity contribution < 1.29 is 22.0 Å². The van der Waals surface area contributed by atoms with Gasteiger partial charge in [0.1, 0.15) is 11.6 Å². The molecule has 0 fully saturated rings. The Labute approximate surface area is 135 Å². The Hall–Kier alpha value is -1.60. The van der Waals surface area contributed by atoms with Crippen molar-refractivity contribution in [2.24, 2.45) is 0 Å². The quantitative estimate of drug-likeness (QED) is 0.753. The van der Waals surface area contributed by atoms with Crippen molar-refractivity contribution >= 4 is 31.6 Å². The molecular formula is C15H11BrF2O3S. The first-order valence-electron chi connectivity index (χ1n) is 6.13. The van der Waals surface area contributed by atoms with E-state index >= 15 is 0 Å². The van der Waals surface area contributed by atoms with E-state index in [1.54, 1.807) is 0 Å². The van der Waals surface area contributed by atoms with Gasteiger partial charge >= 0.3 is 0 Å². The molecule has 0 aromatic heterocycles. The third-order valence-corrected chi connectivity index (χ3v) is 4.40. The molecule has 0 bridgehead atoms. The molecule has 0 amide bonds. The largest absolute Gasteiger partial charge is 0.289 e. The number of hydrogen-bond acceptors (Lipinski definition) is 3. The fourth-order valence-electron chi connectivity index (χ4n) is 1.91. The average molecular weight is 389 g/mol. The number of carbonyl (C=O) groups is 1. The molecule has 0 aliphatic rings. The molecule has 0 atom stereocenters. The minimum atomic E-state index is -3.39. The van der Waals surface area contributed by atoms with Crippen molar-refractivity contribution in [1.29, 1.82) is 0 Å². The number of ketones is 1.